The maximum absolute atomic E-state index is 13.3. The Morgan fingerprint density at radius 1 is 1.13 bits per heavy atom. The zero-order valence-corrected chi connectivity index (χ0v) is 22.5. The second-order valence-corrected chi connectivity index (χ2v) is 11.9. The van der Waals surface area contributed by atoms with E-state index in [0.717, 1.165) is 5.39 Å². The van der Waals surface area contributed by atoms with Gasteiger partial charge in [0.25, 0.3) is 5.91 Å². The minimum atomic E-state index is -3.93. The van der Waals surface area contributed by atoms with Gasteiger partial charge < -0.3 is 15.1 Å². The molecule has 0 bridgehead atoms. The number of ketones is 1. The molecule has 11 heteroatoms. The van der Waals surface area contributed by atoms with E-state index in [2.05, 4.69) is 15.6 Å². The molecule has 0 saturated carbocycles. The number of sulfonamides is 1. The smallest absolute Gasteiger partial charge is 0.310 e. The van der Waals surface area contributed by atoms with E-state index in [9.17, 15) is 22.8 Å². The second-order valence-electron chi connectivity index (χ2n) is 10.0. The van der Waals surface area contributed by atoms with Crippen molar-refractivity contribution in [1.29, 1.82) is 0 Å². The molecular weight excluding hydrogens is 508 g/mol. The van der Waals surface area contributed by atoms with Crippen LogP contribution in [-0.2, 0) is 19.6 Å². The van der Waals surface area contributed by atoms with Crippen molar-refractivity contribution in [3.8, 4) is 0 Å². The highest BCUT2D eigenvalue weighted by Crippen LogP contribution is 2.23. The first-order valence-corrected chi connectivity index (χ1v) is 14.1. The summed E-state index contributed by atoms with van der Waals surface area (Å²) in [6, 6.07) is 11.3. The molecule has 0 spiro atoms. The van der Waals surface area contributed by atoms with Gasteiger partial charge >= 0.3 is 15.0 Å². The Morgan fingerprint density at radius 3 is 2.55 bits per heavy atom. The van der Waals surface area contributed by atoms with Gasteiger partial charge in [-0.05, 0) is 50.3 Å². The third-order valence-electron chi connectivity index (χ3n) is 6.63. The van der Waals surface area contributed by atoms with Gasteiger partial charge in [-0.1, -0.05) is 32.0 Å². The monoisotopic (exact) mass is 541 g/mol. The number of hydrogen-bond donors (Lipinski definition) is 2. The van der Waals surface area contributed by atoms with Crippen LogP contribution in [-0.4, -0.2) is 55.0 Å². The number of para-hydroxylation sites is 1. The van der Waals surface area contributed by atoms with Gasteiger partial charge in [0.15, 0.2) is 17.7 Å². The summed E-state index contributed by atoms with van der Waals surface area (Å²) in [5.74, 6) is -1.27. The summed E-state index contributed by atoms with van der Waals surface area (Å²) in [5.41, 5.74) is 0.563. The fraction of sp³-hybridized carbons (Fsp3) is 0.407. The van der Waals surface area contributed by atoms with E-state index in [0.29, 0.717) is 18.4 Å². The molecule has 3 N–H and O–H groups in total. The van der Waals surface area contributed by atoms with E-state index < -0.39 is 45.7 Å². The molecule has 10 nitrogen and oxygen atoms in total. The molecule has 2 aromatic heterocycles. The van der Waals surface area contributed by atoms with Crippen LogP contribution in [0.2, 0.25) is 0 Å². The van der Waals surface area contributed by atoms with Crippen LogP contribution in [0, 0.1) is 5.92 Å². The summed E-state index contributed by atoms with van der Waals surface area (Å²) >= 11 is 0. The van der Waals surface area contributed by atoms with Crippen molar-refractivity contribution in [1.82, 2.24) is 14.9 Å². The summed E-state index contributed by atoms with van der Waals surface area (Å²) < 4.78 is 33.1. The number of furan rings is 1. The van der Waals surface area contributed by atoms with Gasteiger partial charge in [0.05, 0.1) is 12.6 Å². The number of pyridine rings is 1. The third-order valence-corrected chi connectivity index (χ3v) is 8.54. The summed E-state index contributed by atoms with van der Waals surface area (Å²) in [6.45, 7) is 5.23. The lowest BCUT2D eigenvalue weighted by Gasteiger charge is -2.23. The first-order valence-electron chi connectivity index (χ1n) is 12.7. The number of aromatic amines is 1. The van der Waals surface area contributed by atoms with Crippen molar-refractivity contribution in [2.75, 3.05) is 6.54 Å². The van der Waals surface area contributed by atoms with Gasteiger partial charge in [0.1, 0.15) is 11.6 Å². The fourth-order valence-electron chi connectivity index (χ4n) is 4.57. The summed E-state index contributed by atoms with van der Waals surface area (Å²) in [5, 5.41) is 6.27. The van der Waals surface area contributed by atoms with Crippen LogP contribution in [0.15, 0.2) is 64.2 Å². The quantitative estimate of drug-likeness (QED) is 0.449. The molecule has 38 heavy (non-hydrogen) atoms. The van der Waals surface area contributed by atoms with Crippen molar-refractivity contribution in [2.45, 2.75) is 63.2 Å². The molecular formula is C27H33N4O6S+. The number of nitrogens with zero attached hydrogens (tertiary/aromatic N) is 1. The van der Waals surface area contributed by atoms with Crippen molar-refractivity contribution in [2.24, 2.45) is 5.92 Å². The highest BCUT2D eigenvalue weighted by atomic mass is 32.2. The van der Waals surface area contributed by atoms with Crippen molar-refractivity contribution < 1.29 is 32.2 Å². The molecule has 4 rings (SSSR count). The molecule has 1 aliphatic rings. The molecule has 202 valence electrons. The van der Waals surface area contributed by atoms with Crippen LogP contribution in [0.5, 0.6) is 0 Å². The predicted molar refractivity (Wildman–Crippen MR) is 139 cm³/mol. The number of nitrogens with one attached hydrogen (secondary N) is 3. The van der Waals surface area contributed by atoms with Crippen LogP contribution in [0.4, 0.5) is 0 Å². The Bertz CT molecular complexity index is 1390. The van der Waals surface area contributed by atoms with Crippen molar-refractivity contribution in [3.63, 3.8) is 0 Å². The summed E-state index contributed by atoms with van der Waals surface area (Å²) in [7, 11) is -3.93. The molecule has 1 aromatic carbocycles. The lowest BCUT2D eigenvalue weighted by molar-refractivity contribution is -0.428. The first-order chi connectivity index (χ1) is 18.1. The predicted octanol–water partition coefficient (Wildman–Crippen LogP) is 2.32. The topological polar surface area (TPSA) is 140 Å². The average molecular weight is 542 g/mol. The largest absolute Gasteiger partial charge is 0.451 e. The number of benzene rings is 1. The second kappa shape index (κ2) is 11.4. The maximum Gasteiger partial charge on any atom is 0.310 e. The molecule has 3 aromatic rings. The minimum absolute atomic E-state index is 0.00701. The van der Waals surface area contributed by atoms with E-state index in [-0.39, 0.29) is 29.7 Å². The zero-order chi connectivity index (χ0) is 27.4. The van der Waals surface area contributed by atoms with Gasteiger partial charge in [-0.3, -0.25) is 14.4 Å². The van der Waals surface area contributed by atoms with E-state index in [4.69, 9.17) is 4.42 Å². The Hall–Kier alpha value is -3.57. The van der Waals surface area contributed by atoms with Crippen LogP contribution in [0.3, 0.4) is 0 Å². The normalized spacial score (nSPS) is 19.7. The summed E-state index contributed by atoms with van der Waals surface area (Å²) in [6.07, 6.45) is 2.51. The highest BCUT2D eigenvalue weighted by Gasteiger charge is 2.40. The van der Waals surface area contributed by atoms with Gasteiger partial charge in [0.2, 0.25) is 5.91 Å². The maximum atomic E-state index is 13.3. The molecule has 0 aliphatic carbocycles. The third kappa shape index (κ3) is 6.11. The molecule has 1 saturated heterocycles. The number of carbonyl (C=O) groups is 3. The van der Waals surface area contributed by atoms with E-state index in [1.807, 2.05) is 26.0 Å². The Labute approximate surface area is 221 Å². The number of hydrogen-bond acceptors (Lipinski definition) is 6. The van der Waals surface area contributed by atoms with Crippen molar-refractivity contribution in [3.05, 3.63) is 60.5 Å². The number of Topliss-reactive ketones (excluding diaryl/α,β-unsaturated/α-hetero) is 1. The first kappa shape index (κ1) is 27.5. The van der Waals surface area contributed by atoms with Crippen LogP contribution in [0.1, 0.15) is 50.6 Å². The lowest BCUT2D eigenvalue weighted by Crippen LogP contribution is -2.52. The standard InChI is InChI=1S/C27H32N4O6S/c1-17(2)14-21(30-27(34)24-15-19-8-4-5-9-23(19)37-24)26(33)29-20-12-11-18(3)31(16-22(20)32)38(35,36)25-10-6-7-13-28-25/h4-10,13,15,17-18,20-21H,11-12,14,16H2,1-3H3,(H,29,33)(H,30,34)/p+1/t18-,20+,21+/m1/s1. The number of carbonyl (C=O) groups excluding carboxylic acids is 3. The minimum Gasteiger partial charge on any atom is -0.451 e. The van der Waals surface area contributed by atoms with Crippen LogP contribution in [0.25, 0.3) is 11.0 Å². The molecule has 2 amide bonds. The zero-order valence-electron chi connectivity index (χ0n) is 21.6. The molecule has 0 radical (unpaired) electrons. The Kier molecular flexibility index (Phi) is 8.27. The summed E-state index contributed by atoms with van der Waals surface area (Å²) in [4.78, 5) is 42.1. The van der Waals surface area contributed by atoms with E-state index in [1.54, 1.807) is 37.3 Å². The molecule has 1 aliphatic heterocycles. The molecule has 3 heterocycles. The lowest BCUT2D eigenvalue weighted by atomic mass is 10.0. The average Bonchev–Trinajstić information content (AvgIpc) is 3.27. The number of fused-ring (bicyclic) bond motifs is 1. The SMILES string of the molecule is CC(C)C[C@H](NC(=O)c1cc2ccccc2o1)C(=O)N[C@H]1CC[C@@H](C)N(S(=O)(=O)c2cccc[nH+]2)CC1=O. The van der Waals surface area contributed by atoms with Gasteiger partial charge in [0, 0.05) is 23.6 Å². The van der Waals surface area contributed by atoms with Gasteiger partial charge in [-0.25, -0.2) is 13.4 Å². The van der Waals surface area contributed by atoms with Gasteiger partial charge in [-0.15, -0.1) is 0 Å². The Morgan fingerprint density at radius 2 is 1.87 bits per heavy atom. The van der Waals surface area contributed by atoms with E-state index >= 15 is 0 Å². The van der Waals surface area contributed by atoms with Crippen LogP contribution < -0.4 is 15.6 Å². The molecule has 0 unspecified atom stereocenters. The van der Waals surface area contributed by atoms with Crippen LogP contribution >= 0.6 is 0 Å². The number of H-pyrrole nitrogens is 1. The van der Waals surface area contributed by atoms with Gasteiger partial charge in [-0.2, -0.15) is 4.31 Å². The number of rotatable bonds is 8. The highest BCUT2D eigenvalue weighted by molar-refractivity contribution is 7.89. The Balaban J connectivity index is 1.47. The van der Waals surface area contributed by atoms with Crippen molar-refractivity contribution >= 4 is 38.6 Å². The molecule has 3 atom stereocenters. The number of aromatic nitrogens is 1. The number of amides is 2. The molecule has 1 fully saturated rings. The van der Waals surface area contributed by atoms with E-state index in [1.165, 1.54) is 16.6 Å². The fourth-order valence-corrected chi connectivity index (χ4v) is 6.17.